The Morgan fingerprint density at radius 1 is 1.15 bits per heavy atom. The number of hydrogen-bond donors (Lipinski definition) is 5. The molecule has 11 atom stereocenters. The molecule has 4 heterocycles. The molecule has 2 saturated heterocycles. The van der Waals surface area contributed by atoms with Crippen molar-refractivity contribution >= 4 is 90.7 Å². The largest absolute Gasteiger partial charge is 0.453 e. The molecule has 3 aromatic rings. The maximum absolute atomic E-state index is 15.4. The Hall–Kier alpha value is -4.10. The molecule has 1 aromatic carbocycles. The Morgan fingerprint density at radius 2 is 1.93 bits per heavy atom. The molecule has 2 aliphatic carbocycles. The number of ketones is 2. The van der Waals surface area contributed by atoms with Crippen molar-refractivity contribution in [2.45, 2.75) is 107 Å². The minimum atomic E-state index is -1.76. The quantitative estimate of drug-likeness (QED) is 0.0663. The molecule has 0 radical (unpaired) electrons. The number of methoxy groups -OCH3 is 2. The summed E-state index contributed by atoms with van der Waals surface area (Å²) in [4.78, 5) is 62.1. The number of thioether (sulfide) groups is 2. The molecular formula is C48H53IN4O12S2. The summed E-state index contributed by atoms with van der Waals surface area (Å²) in [5, 5.41) is 32.3. The number of ether oxygens (including phenoxy) is 6. The number of hydrogen-bond acceptors (Lipinski definition) is 16. The van der Waals surface area contributed by atoms with Gasteiger partial charge < -0.3 is 48.9 Å². The average molecular weight is 1070 g/mol. The van der Waals surface area contributed by atoms with Crippen molar-refractivity contribution in [3.63, 3.8) is 0 Å². The highest BCUT2D eigenvalue weighted by Gasteiger charge is 2.61. The van der Waals surface area contributed by atoms with Gasteiger partial charge in [0.25, 0.3) is 0 Å². The van der Waals surface area contributed by atoms with Crippen molar-refractivity contribution < 1.29 is 57.8 Å². The zero-order valence-electron chi connectivity index (χ0n) is 37.9. The minimum Gasteiger partial charge on any atom is -0.453 e. The van der Waals surface area contributed by atoms with Crippen molar-refractivity contribution in [3.05, 3.63) is 74.8 Å². The first-order chi connectivity index (χ1) is 32.1. The zero-order chi connectivity index (χ0) is 48.2. The fraction of sp³-hybridized carbons (Fsp3) is 0.479. The van der Waals surface area contributed by atoms with Crippen LogP contribution in [0.2, 0.25) is 0 Å². The maximum Gasteiger partial charge on any atom is 0.411 e. The normalized spacial score (nSPS) is 30.9. The van der Waals surface area contributed by atoms with Crippen molar-refractivity contribution in [2.75, 3.05) is 32.8 Å². The number of aliphatic hydroxyl groups excluding tert-OH is 2. The van der Waals surface area contributed by atoms with E-state index < -0.39 is 77.8 Å². The summed E-state index contributed by atoms with van der Waals surface area (Å²) < 4.78 is 36.7. The molecule has 7 rings (SSSR count). The molecule has 356 valence electrons. The minimum absolute atomic E-state index is 0.0433. The van der Waals surface area contributed by atoms with Gasteiger partial charge in [0.2, 0.25) is 5.78 Å². The van der Waals surface area contributed by atoms with E-state index in [0.717, 1.165) is 50.5 Å². The SMILES string of the molecule is COC(=O)NC1=C2C#C/C=C\C#C[C@H](OC3OC(C)C(SC)(C(=O)c4nccc5c4[nH]c4cccc(I)c45)C(O)C3OC3CC(OC)C(NC(C)C)CO3)C2/C(=C\CSC(C)=O)[C@@H](O)CC1=O. The molecule has 9 unspecified atom stereocenters. The lowest BCUT2D eigenvalue weighted by Gasteiger charge is -2.51. The number of allylic oxidation sites excluding steroid dienone is 3. The van der Waals surface area contributed by atoms with Crippen molar-refractivity contribution in [1.29, 1.82) is 0 Å². The monoisotopic (exact) mass is 1070 g/mol. The summed E-state index contributed by atoms with van der Waals surface area (Å²) in [6.45, 7) is 7.28. The summed E-state index contributed by atoms with van der Waals surface area (Å²) in [7, 11) is 2.74. The molecule has 1 amide bonds. The number of nitrogens with zero attached hydrogens (tertiary/aromatic N) is 1. The molecule has 2 aliphatic heterocycles. The number of benzene rings is 1. The second-order valence-corrected chi connectivity index (χ2v) is 20.0. The second-order valence-electron chi connectivity index (χ2n) is 16.6. The Balaban J connectivity index is 1.35. The zero-order valence-corrected chi connectivity index (χ0v) is 41.7. The van der Waals surface area contributed by atoms with E-state index in [9.17, 15) is 24.6 Å². The third kappa shape index (κ3) is 10.6. The Bertz CT molecular complexity index is 2630. The molecule has 16 nitrogen and oxygen atoms in total. The number of aromatic nitrogens is 2. The highest BCUT2D eigenvalue weighted by atomic mass is 127. The molecule has 0 bridgehead atoms. The Labute approximate surface area is 410 Å². The molecule has 2 fully saturated rings. The van der Waals surface area contributed by atoms with E-state index in [2.05, 4.69) is 66.9 Å². The summed E-state index contributed by atoms with van der Waals surface area (Å²) >= 11 is 4.33. The van der Waals surface area contributed by atoms with Crippen LogP contribution in [0, 0.1) is 33.2 Å². The number of aromatic amines is 1. The van der Waals surface area contributed by atoms with Gasteiger partial charge in [0.1, 0.15) is 28.8 Å². The molecule has 5 N–H and O–H groups in total. The number of Topliss-reactive ketones (excluding diaryl/α,β-unsaturated/α-hetero) is 2. The van der Waals surface area contributed by atoms with Crippen molar-refractivity contribution in [3.8, 4) is 23.7 Å². The Morgan fingerprint density at radius 3 is 2.64 bits per heavy atom. The average Bonchev–Trinajstić information content (AvgIpc) is 3.69. The molecule has 0 spiro atoms. The van der Waals surface area contributed by atoms with Gasteiger partial charge >= 0.3 is 6.09 Å². The number of carbonyl (C=O) groups excluding carboxylic acids is 4. The molecule has 67 heavy (non-hydrogen) atoms. The number of rotatable bonds is 13. The topological polar surface area (TPSA) is 217 Å². The number of amides is 1. The van der Waals surface area contributed by atoms with Gasteiger partial charge in [0.05, 0.1) is 55.2 Å². The van der Waals surface area contributed by atoms with Crippen LogP contribution in [0.1, 0.15) is 51.0 Å². The first-order valence-electron chi connectivity index (χ1n) is 21.6. The van der Waals surface area contributed by atoms with Gasteiger partial charge in [-0.25, -0.2) is 4.79 Å². The van der Waals surface area contributed by atoms with Gasteiger partial charge in [-0.05, 0) is 71.7 Å². The number of nitrogens with one attached hydrogen (secondary N) is 3. The lowest BCUT2D eigenvalue weighted by atomic mass is 9.82. The van der Waals surface area contributed by atoms with E-state index in [1.54, 1.807) is 32.6 Å². The summed E-state index contributed by atoms with van der Waals surface area (Å²) in [5.41, 5.74) is 1.43. The predicted molar refractivity (Wildman–Crippen MR) is 262 cm³/mol. The fourth-order valence-electron chi connectivity index (χ4n) is 9.03. The predicted octanol–water partition coefficient (Wildman–Crippen LogP) is 4.95. The number of fused-ring (bicyclic) bond motifs is 4. The summed E-state index contributed by atoms with van der Waals surface area (Å²) in [5.74, 6) is 9.63. The maximum atomic E-state index is 15.4. The van der Waals surface area contributed by atoms with Gasteiger partial charge in [0.15, 0.2) is 23.5 Å². The van der Waals surface area contributed by atoms with Crippen LogP contribution >= 0.6 is 46.1 Å². The first kappa shape index (κ1) is 50.8. The smallest absolute Gasteiger partial charge is 0.411 e. The number of alkyl carbamates (subject to hydrolysis) is 1. The molecule has 19 heteroatoms. The van der Waals surface area contributed by atoms with E-state index >= 15 is 4.79 Å². The van der Waals surface area contributed by atoms with Crippen molar-refractivity contribution in [1.82, 2.24) is 20.6 Å². The van der Waals surface area contributed by atoms with Crippen LogP contribution in [0.4, 0.5) is 4.79 Å². The molecule has 4 aliphatic rings. The molecular weight excluding hydrogens is 1020 g/mol. The van der Waals surface area contributed by atoms with Crippen LogP contribution in [0.15, 0.2) is 65.5 Å². The standard InChI is InChI=1S/C48H53IN4O12S2/c1-24(2)51-32-23-62-37(22-36(32)60-5)65-43-45(58)48(66-7,44(57)42-41-29(17-19-50-42)39-30(49)14-12-15-31(39)52-41)25(3)63-46(43)64-35-16-11-9-8-10-13-28-38(35)27(18-20-67-26(4)54)33(55)21-34(56)40(28)53-47(59)61-6/h8-9,12,14-15,17-19,24-25,32-33,35-38,43,45-46,51-52,55,58H,20-23H2,1-7H3,(H,53,59)/b9-8-,27-18-/t25?,32?,33-,35-,36?,37?,38?,43?,45?,46?,48?/m0/s1. The number of H-pyrrole nitrogens is 1. The number of carbonyl (C=O) groups is 4. The van der Waals surface area contributed by atoms with E-state index in [4.69, 9.17) is 28.4 Å². The van der Waals surface area contributed by atoms with Crippen LogP contribution in [-0.2, 0) is 38.0 Å². The van der Waals surface area contributed by atoms with Crippen LogP contribution in [0.25, 0.3) is 21.8 Å². The third-order valence-electron chi connectivity index (χ3n) is 12.1. The molecule has 2 aromatic heterocycles. The van der Waals surface area contributed by atoms with Crippen LogP contribution in [0.3, 0.4) is 0 Å². The van der Waals surface area contributed by atoms with Gasteiger partial charge in [-0.15, -0.1) is 11.8 Å². The summed E-state index contributed by atoms with van der Waals surface area (Å²) in [6.07, 6.45) is -3.26. The van der Waals surface area contributed by atoms with E-state index in [-0.39, 0.29) is 64.6 Å². The van der Waals surface area contributed by atoms with Gasteiger partial charge in [-0.2, -0.15) is 0 Å². The van der Waals surface area contributed by atoms with Gasteiger partial charge in [-0.3, -0.25) is 24.7 Å². The van der Waals surface area contributed by atoms with Gasteiger partial charge in [-0.1, -0.05) is 61.4 Å². The lowest BCUT2D eigenvalue weighted by molar-refractivity contribution is -0.326. The number of aliphatic hydroxyl groups is 2. The van der Waals surface area contributed by atoms with E-state index in [1.807, 2.05) is 38.1 Å². The number of pyridine rings is 1. The lowest BCUT2D eigenvalue weighted by Crippen LogP contribution is -2.69. The second kappa shape index (κ2) is 22.1. The van der Waals surface area contributed by atoms with E-state index in [0.29, 0.717) is 5.52 Å². The van der Waals surface area contributed by atoms with Crippen LogP contribution in [-0.4, -0.2) is 142 Å². The highest BCUT2D eigenvalue weighted by molar-refractivity contribution is 14.1. The van der Waals surface area contributed by atoms with Crippen molar-refractivity contribution in [2.24, 2.45) is 5.92 Å². The fourth-order valence-corrected chi connectivity index (χ4v) is 11.4. The first-order valence-corrected chi connectivity index (χ1v) is 24.9. The van der Waals surface area contributed by atoms with E-state index in [1.165, 1.54) is 19.1 Å². The van der Waals surface area contributed by atoms with Crippen LogP contribution in [0.5, 0.6) is 0 Å². The van der Waals surface area contributed by atoms with Gasteiger partial charge in [0, 0.05) is 70.3 Å². The Kier molecular flexibility index (Phi) is 16.8. The third-order valence-corrected chi connectivity index (χ3v) is 15.2. The molecule has 0 saturated carbocycles. The summed E-state index contributed by atoms with van der Waals surface area (Å²) in [6, 6.07) is 7.60. The highest BCUT2D eigenvalue weighted by Crippen LogP contribution is 2.46. The van der Waals surface area contributed by atoms with Crippen LogP contribution < -0.4 is 10.6 Å². The number of halogens is 1.